The number of rotatable bonds is 7. The molecule has 3 aromatic carbocycles. The number of amides is 3. The number of likely N-dealkylation sites (tertiary alicyclic amines) is 1. The van der Waals surface area contributed by atoms with Crippen molar-refractivity contribution in [2.24, 2.45) is 0 Å². The summed E-state index contributed by atoms with van der Waals surface area (Å²) in [5.41, 5.74) is 4.98. The van der Waals surface area contributed by atoms with E-state index in [2.05, 4.69) is 6.07 Å². The van der Waals surface area contributed by atoms with Crippen LogP contribution in [0.5, 0.6) is 0 Å². The molecule has 1 saturated heterocycles. The molecule has 0 aliphatic carbocycles. The molecular weight excluding hydrogens is 440 g/mol. The number of β-lactam (4-membered cyclic amide) rings is 1. The van der Waals surface area contributed by atoms with Crippen LogP contribution in [0.25, 0.3) is 0 Å². The van der Waals surface area contributed by atoms with Gasteiger partial charge in [0, 0.05) is 6.54 Å². The Bertz CT molecular complexity index is 1270. The third kappa shape index (κ3) is 4.04. The van der Waals surface area contributed by atoms with Gasteiger partial charge in [-0.1, -0.05) is 66.2 Å². The first-order valence-electron chi connectivity index (χ1n) is 11.9. The minimum atomic E-state index is -0.890. The summed E-state index contributed by atoms with van der Waals surface area (Å²) < 4.78 is 6.19. The second kappa shape index (κ2) is 9.12. The number of nitrogens with zero attached hydrogens (tertiary/aromatic N) is 2. The molecule has 0 unspecified atom stereocenters. The van der Waals surface area contributed by atoms with Gasteiger partial charge < -0.3 is 9.64 Å². The van der Waals surface area contributed by atoms with Crippen LogP contribution < -0.4 is 0 Å². The van der Waals surface area contributed by atoms with Gasteiger partial charge in [-0.3, -0.25) is 19.3 Å². The van der Waals surface area contributed by atoms with Crippen LogP contribution in [-0.2, 0) is 22.7 Å². The molecule has 2 aliphatic rings. The van der Waals surface area contributed by atoms with Gasteiger partial charge in [0.25, 0.3) is 11.8 Å². The van der Waals surface area contributed by atoms with E-state index < -0.39 is 30.0 Å². The molecule has 0 aromatic heterocycles. The van der Waals surface area contributed by atoms with Crippen molar-refractivity contribution in [3.05, 3.63) is 106 Å². The normalized spacial score (nSPS) is 20.1. The number of benzene rings is 3. The lowest BCUT2D eigenvalue weighted by atomic mass is 9.88. The van der Waals surface area contributed by atoms with E-state index in [-0.39, 0.29) is 5.91 Å². The Labute approximate surface area is 205 Å². The Balaban J connectivity index is 1.43. The average Bonchev–Trinajstić information content (AvgIpc) is 3.11. The monoisotopic (exact) mass is 468 g/mol. The van der Waals surface area contributed by atoms with Gasteiger partial charge >= 0.3 is 0 Å². The molecule has 3 amide bonds. The van der Waals surface area contributed by atoms with Crippen molar-refractivity contribution in [1.29, 1.82) is 0 Å². The molecule has 0 N–H and O–H groups in total. The minimum Gasteiger partial charge on any atom is -0.372 e. The topological polar surface area (TPSA) is 66.9 Å². The van der Waals surface area contributed by atoms with Crippen LogP contribution in [0.1, 0.15) is 49.9 Å². The van der Waals surface area contributed by atoms with Crippen LogP contribution >= 0.6 is 0 Å². The standard InChI is InChI=1S/C29H28N2O4/c1-18-13-14-22(19(2)15-18)16-30-25(20(3)35-17-21-9-5-4-6-10-21)26(29(30)34)31-27(32)23-11-7-8-12-24(23)28(31)33/h4-15,20,25-26H,16-17H2,1-3H3/t20-,25+,26-/m0/s1. The summed E-state index contributed by atoms with van der Waals surface area (Å²) in [6.45, 7) is 6.73. The maximum atomic E-state index is 13.5. The van der Waals surface area contributed by atoms with Crippen molar-refractivity contribution >= 4 is 17.7 Å². The Morgan fingerprint density at radius 1 is 0.857 bits per heavy atom. The zero-order valence-corrected chi connectivity index (χ0v) is 20.1. The molecule has 35 heavy (non-hydrogen) atoms. The number of hydrogen-bond acceptors (Lipinski definition) is 4. The van der Waals surface area contributed by atoms with Gasteiger partial charge in [-0.2, -0.15) is 0 Å². The summed E-state index contributed by atoms with van der Waals surface area (Å²) in [6, 6.07) is 21.3. The molecule has 6 nitrogen and oxygen atoms in total. The minimum absolute atomic E-state index is 0.236. The molecule has 0 spiro atoms. The second-order valence-electron chi connectivity index (χ2n) is 9.36. The highest BCUT2D eigenvalue weighted by molar-refractivity contribution is 6.23. The molecule has 1 fully saturated rings. The van der Waals surface area contributed by atoms with Crippen molar-refractivity contribution in [1.82, 2.24) is 9.80 Å². The Morgan fingerprint density at radius 3 is 2.11 bits per heavy atom. The number of imide groups is 1. The third-order valence-electron chi connectivity index (χ3n) is 7.00. The van der Waals surface area contributed by atoms with Gasteiger partial charge in [-0.15, -0.1) is 0 Å². The van der Waals surface area contributed by atoms with E-state index in [1.807, 2.05) is 63.2 Å². The fourth-order valence-electron chi connectivity index (χ4n) is 5.08. The molecule has 3 aromatic rings. The van der Waals surface area contributed by atoms with Crippen LogP contribution in [0, 0.1) is 13.8 Å². The average molecular weight is 469 g/mol. The molecule has 0 bridgehead atoms. The van der Waals surface area contributed by atoms with Crippen LogP contribution in [0.2, 0.25) is 0 Å². The van der Waals surface area contributed by atoms with E-state index in [1.54, 1.807) is 29.2 Å². The molecule has 178 valence electrons. The largest absolute Gasteiger partial charge is 0.372 e. The molecule has 0 saturated carbocycles. The number of aryl methyl sites for hydroxylation is 2. The SMILES string of the molecule is Cc1ccc(CN2C(=O)[C@@H](N3C(=O)c4ccccc4C3=O)[C@H]2[C@H](C)OCc2ccccc2)c(C)c1. The Kier molecular flexibility index (Phi) is 5.99. The van der Waals surface area contributed by atoms with E-state index in [1.165, 1.54) is 0 Å². The van der Waals surface area contributed by atoms with Crippen molar-refractivity contribution in [3.8, 4) is 0 Å². The summed E-state index contributed by atoms with van der Waals surface area (Å²) in [4.78, 5) is 42.7. The van der Waals surface area contributed by atoms with E-state index >= 15 is 0 Å². The van der Waals surface area contributed by atoms with E-state index in [0.717, 1.165) is 27.2 Å². The van der Waals surface area contributed by atoms with Crippen molar-refractivity contribution in [2.75, 3.05) is 0 Å². The third-order valence-corrected chi connectivity index (χ3v) is 7.00. The van der Waals surface area contributed by atoms with Crippen molar-refractivity contribution in [3.63, 3.8) is 0 Å². The zero-order chi connectivity index (χ0) is 24.7. The lowest BCUT2D eigenvalue weighted by molar-refractivity contribution is -0.168. The van der Waals surface area contributed by atoms with Crippen molar-refractivity contribution < 1.29 is 19.1 Å². The van der Waals surface area contributed by atoms with E-state index in [0.29, 0.717) is 24.3 Å². The smallest absolute Gasteiger partial charge is 0.262 e. The second-order valence-corrected chi connectivity index (χ2v) is 9.36. The molecular formula is C29H28N2O4. The maximum Gasteiger partial charge on any atom is 0.262 e. The summed E-state index contributed by atoms with van der Waals surface area (Å²) in [5, 5.41) is 0. The summed E-state index contributed by atoms with van der Waals surface area (Å²) in [7, 11) is 0. The quantitative estimate of drug-likeness (QED) is 0.383. The van der Waals surface area contributed by atoms with Crippen molar-refractivity contribution in [2.45, 2.75) is 52.1 Å². The lowest BCUT2D eigenvalue weighted by Crippen LogP contribution is -2.74. The lowest BCUT2D eigenvalue weighted by Gasteiger charge is -2.52. The molecule has 0 radical (unpaired) electrons. The highest BCUT2D eigenvalue weighted by Crippen LogP contribution is 2.36. The first-order valence-corrected chi connectivity index (χ1v) is 11.9. The highest BCUT2D eigenvalue weighted by Gasteiger charge is 2.58. The first kappa shape index (κ1) is 23.0. The molecule has 2 aliphatic heterocycles. The van der Waals surface area contributed by atoms with Crippen LogP contribution in [0.15, 0.2) is 72.8 Å². The number of hydrogen-bond donors (Lipinski definition) is 0. The van der Waals surface area contributed by atoms with Gasteiger partial charge in [-0.05, 0) is 49.6 Å². The van der Waals surface area contributed by atoms with Crippen LogP contribution in [-0.4, -0.2) is 45.7 Å². The molecule has 6 heteroatoms. The van der Waals surface area contributed by atoms with E-state index in [4.69, 9.17) is 4.74 Å². The van der Waals surface area contributed by atoms with Gasteiger partial charge in [0.1, 0.15) is 6.04 Å². The number of carbonyl (C=O) groups is 3. The van der Waals surface area contributed by atoms with Gasteiger partial charge in [0.15, 0.2) is 0 Å². The van der Waals surface area contributed by atoms with Gasteiger partial charge in [0.05, 0.1) is 29.9 Å². The highest BCUT2D eigenvalue weighted by atomic mass is 16.5. The van der Waals surface area contributed by atoms with Crippen LogP contribution in [0.3, 0.4) is 0 Å². The summed E-state index contributed by atoms with van der Waals surface area (Å²) in [5.74, 6) is -1.08. The molecule has 3 atom stereocenters. The predicted octanol–water partition coefficient (Wildman–Crippen LogP) is 4.28. The summed E-state index contributed by atoms with van der Waals surface area (Å²) >= 11 is 0. The zero-order valence-electron chi connectivity index (χ0n) is 20.1. The fraction of sp³-hybridized carbons (Fsp3) is 0.276. The Morgan fingerprint density at radius 2 is 1.49 bits per heavy atom. The predicted molar refractivity (Wildman–Crippen MR) is 132 cm³/mol. The Hall–Kier alpha value is -3.77. The number of ether oxygens (including phenoxy) is 1. The van der Waals surface area contributed by atoms with Gasteiger partial charge in [0.2, 0.25) is 5.91 Å². The van der Waals surface area contributed by atoms with Gasteiger partial charge in [-0.25, -0.2) is 0 Å². The fourth-order valence-corrected chi connectivity index (χ4v) is 5.08. The summed E-state index contributed by atoms with van der Waals surface area (Å²) in [6.07, 6.45) is -0.395. The number of carbonyl (C=O) groups excluding carboxylic acids is 3. The molecule has 5 rings (SSSR count). The maximum absolute atomic E-state index is 13.5. The van der Waals surface area contributed by atoms with Crippen LogP contribution in [0.4, 0.5) is 0 Å². The number of fused-ring (bicyclic) bond motifs is 1. The van der Waals surface area contributed by atoms with E-state index in [9.17, 15) is 14.4 Å². The molecule has 2 heterocycles. The first-order chi connectivity index (χ1) is 16.9.